The third kappa shape index (κ3) is 4.76. The quantitative estimate of drug-likeness (QED) is 0.660. The zero-order chi connectivity index (χ0) is 24.7. The molecule has 0 aliphatic carbocycles. The van der Waals surface area contributed by atoms with Crippen LogP contribution >= 0.6 is 0 Å². The molecule has 3 heterocycles. The first kappa shape index (κ1) is 24.8. The van der Waals surface area contributed by atoms with Crippen molar-refractivity contribution in [1.82, 2.24) is 4.57 Å². The summed E-state index contributed by atoms with van der Waals surface area (Å²) in [5.74, 6) is 0. The molecule has 4 rings (SSSR count). The third-order valence-corrected chi connectivity index (χ3v) is 7.69. The Hall–Kier alpha value is -2.29. The van der Waals surface area contributed by atoms with Crippen molar-refractivity contribution in [3.63, 3.8) is 0 Å². The highest BCUT2D eigenvalue weighted by Crippen LogP contribution is 2.36. The van der Waals surface area contributed by atoms with Crippen LogP contribution in [0.15, 0.2) is 47.4 Å². The average molecular weight is 467 g/mol. The van der Waals surface area contributed by atoms with Gasteiger partial charge in [-0.1, -0.05) is 19.1 Å². The second-order valence-electron chi connectivity index (χ2n) is 10.5. The predicted octanol–water partition coefficient (Wildman–Crippen LogP) is 2.81. The average Bonchev–Trinajstić information content (AvgIpc) is 3.02. The summed E-state index contributed by atoms with van der Waals surface area (Å²) in [6, 6.07) is 11.9. The number of nitrogens with zero attached hydrogens (tertiary/aromatic N) is 3. The first-order valence-electron chi connectivity index (χ1n) is 12.4. The van der Waals surface area contributed by atoms with Crippen LogP contribution in [0, 0.1) is 0 Å². The van der Waals surface area contributed by atoms with Gasteiger partial charge in [-0.05, 0) is 64.7 Å². The normalized spacial score (nSPS) is 21.6. The first-order chi connectivity index (χ1) is 16.0. The molecule has 2 atom stereocenters. The Morgan fingerprint density at radius 1 is 0.941 bits per heavy atom. The Balaban J connectivity index is 1.38. The second kappa shape index (κ2) is 9.40. The van der Waals surface area contributed by atoms with Gasteiger partial charge in [0.05, 0.1) is 23.3 Å². The third-order valence-electron chi connectivity index (χ3n) is 7.69. The fraction of sp³-hybridized carbons (Fsp3) is 0.577. The summed E-state index contributed by atoms with van der Waals surface area (Å²) >= 11 is 0. The van der Waals surface area contributed by atoms with Crippen LogP contribution in [0.1, 0.15) is 54.0 Å². The van der Waals surface area contributed by atoms with Crippen molar-refractivity contribution in [3.05, 3.63) is 52.9 Å². The van der Waals surface area contributed by atoms with Gasteiger partial charge in [-0.3, -0.25) is 4.79 Å². The van der Waals surface area contributed by atoms with E-state index in [1.807, 2.05) is 19.2 Å². The molecule has 34 heavy (non-hydrogen) atoms. The minimum atomic E-state index is -0.562. The maximum atomic E-state index is 12.7. The number of benzene rings is 1. The number of piperazine rings is 1. The summed E-state index contributed by atoms with van der Waals surface area (Å²) < 4.78 is 14.0. The van der Waals surface area contributed by atoms with E-state index in [4.69, 9.17) is 9.31 Å². The van der Waals surface area contributed by atoms with Gasteiger partial charge in [0, 0.05) is 49.8 Å². The molecular weight excluding hydrogens is 429 g/mol. The number of aromatic nitrogens is 1. The van der Waals surface area contributed by atoms with E-state index in [0.29, 0.717) is 6.42 Å². The predicted molar refractivity (Wildman–Crippen MR) is 138 cm³/mol. The van der Waals surface area contributed by atoms with Crippen LogP contribution in [-0.2, 0) is 9.31 Å². The number of hydrogen-bond acceptors (Lipinski definition) is 6. The summed E-state index contributed by atoms with van der Waals surface area (Å²) in [5.41, 5.74) is 2.40. The van der Waals surface area contributed by atoms with Gasteiger partial charge in [0.2, 0.25) is 0 Å². The van der Waals surface area contributed by atoms with Crippen LogP contribution in [0.2, 0.25) is 0 Å². The highest BCUT2D eigenvalue weighted by atomic mass is 16.7. The first-order valence-corrected chi connectivity index (χ1v) is 12.4. The van der Waals surface area contributed by atoms with Gasteiger partial charge in [-0.2, -0.15) is 0 Å². The van der Waals surface area contributed by atoms with E-state index in [0.717, 1.165) is 37.3 Å². The minimum absolute atomic E-state index is 0.0639. The lowest BCUT2D eigenvalue weighted by molar-refractivity contribution is 0.00578. The lowest BCUT2D eigenvalue weighted by Crippen LogP contribution is -2.47. The molecule has 2 aliphatic heterocycles. The topological polar surface area (TPSA) is 67.2 Å². The monoisotopic (exact) mass is 467 g/mol. The highest BCUT2D eigenvalue weighted by Gasteiger charge is 2.51. The number of aliphatic hydroxyl groups is 1. The van der Waals surface area contributed by atoms with E-state index in [1.54, 1.807) is 17.6 Å². The van der Waals surface area contributed by atoms with E-state index in [-0.39, 0.29) is 29.9 Å². The molecule has 0 amide bonds. The standard InChI is InChI=1S/C26H38BN3O4/c1-7-23(19(2)31)30-13-12-22(18-24(30)32)29-16-14-28(15-17-29)21-10-8-20(9-11-21)27-33-25(3,4)26(5,6)34-27/h8-13,18-19,23,31H,7,14-17H2,1-6H3. The summed E-state index contributed by atoms with van der Waals surface area (Å²) in [7, 11) is -0.348. The fourth-order valence-corrected chi connectivity index (χ4v) is 4.76. The zero-order valence-electron chi connectivity index (χ0n) is 21.3. The van der Waals surface area contributed by atoms with Gasteiger partial charge in [-0.15, -0.1) is 0 Å². The molecule has 2 aromatic rings. The Kier molecular flexibility index (Phi) is 6.86. The molecule has 1 N–H and O–H groups in total. The molecule has 2 unspecified atom stereocenters. The molecule has 1 aromatic heterocycles. The van der Waals surface area contributed by atoms with Gasteiger partial charge in [0.25, 0.3) is 5.56 Å². The number of aliphatic hydroxyl groups excluding tert-OH is 1. The molecule has 8 heteroatoms. The highest BCUT2D eigenvalue weighted by molar-refractivity contribution is 6.62. The molecular formula is C26H38BN3O4. The molecule has 2 fully saturated rings. The summed E-state index contributed by atoms with van der Waals surface area (Å²) in [6.45, 7) is 15.4. The summed E-state index contributed by atoms with van der Waals surface area (Å²) in [4.78, 5) is 17.3. The van der Waals surface area contributed by atoms with Crippen LogP contribution in [0.5, 0.6) is 0 Å². The number of anilines is 2. The van der Waals surface area contributed by atoms with Crippen LogP contribution in [-0.4, -0.2) is 60.3 Å². The Morgan fingerprint density at radius 2 is 1.47 bits per heavy atom. The van der Waals surface area contributed by atoms with Crippen molar-refractivity contribution >= 4 is 24.0 Å². The van der Waals surface area contributed by atoms with E-state index in [1.165, 1.54) is 5.69 Å². The Labute approximate surface area is 203 Å². The van der Waals surface area contributed by atoms with Crippen LogP contribution in [0.4, 0.5) is 11.4 Å². The lowest BCUT2D eigenvalue weighted by atomic mass is 9.79. The molecule has 0 bridgehead atoms. The molecule has 1 aromatic carbocycles. The largest absolute Gasteiger partial charge is 0.494 e. The zero-order valence-corrected chi connectivity index (χ0v) is 21.3. The van der Waals surface area contributed by atoms with Crippen molar-refractivity contribution in [2.45, 2.75) is 71.3 Å². The smallest absolute Gasteiger partial charge is 0.399 e. The van der Waals surface area contributed by atoms with Crippen LogP contribution < -0.4 is 20.8 Å². The van der Waals surface area contributed by atoms with Crippen molar-refractivity contribution in [2.75, 3.05) is 36.0 Å². The molecule has 0 radical (unpaired) electrons. The van der Waals surface area contributed by atoms with E-state index < -0.39 is 6.10 Å². The van der Waals surface area contributed by atoms with Crippen molar-refractivity contribution in [2.24, 2.45) is 0 Å². The molecule has 2 aliphatic rings. The molecule has 2 saturated heterocycles. The van der Waals surface area contributed by atoms with Crippen LogP contribution in [0.25, 0.3) is 0 Å². The number of rotatable bonds is 6. The van der Waals surface area contributed by atoms with Crippen LogP contribution in [0.3, 0.4) is 0 Å². The van der Waals surface area contributed by atoms with Gasteiger partial charge in [-0.25, -0.2) is 0 Å². The molecule has 184 valence electrons. The van der Waals surface area contributed by atoms with Gasteiger partial charge >= 0.3 is 7.12 Å². The van der Waals surface area contributed by atoms with Crippen molar-refractivity contribution < 1.29 is 14.4 Å². The summed E-state index contributed by atoms with van der Waals surface area (Å²) in [6.07, 6.45) is 1.97. The summed E-state index contributed by atoms with van der Waals surface area (Å²) in [5, 5.41) is 9.98. The van der Waals surface area contributed by atoms with Crippen molar-refractivity contribution in [3.8, 4) is 0 Å². The van der Waals surface area contributed by atoms with E-state index in [2.05, 4.69) is 61.8 Å². The second-order valence-corrected chi connectivity index (χ2v) is 10.5. The molecule has 0 spiro atoms. The van der Waals surface area contributed by atoms with E-state index >= 15 is 0 Å². The Bertz CT molecular complexity index is 1030. The Morgan fingerprint density at radius 3 is 1.94 bits per heavy atom. The SMILES string of the molecule is CCC(C(C)O)n1ccc(N2CCN(c3ccc(B4OC(C)(C)C(C)(C)O4)cc3)CC2)cc1=O. The molecule has 7 nitrogen and oxygen atoms in total. The van der Waals surface area contributed by atoms with Gasteiger partial charge in [0.15, 0.2) is 0 Å². The van der Waals surface area contributed by atoms with E-state index in [9.17, 15) is 9.90 Å². The number of pyridine rings is 1. The van der Waals surface area contributed by atoms with Gasteiger partial charge in [0.1, 0.15) is 0 Å². The maximum Gasteiger partial charge on any atom is 0.494 e. The fourth-order valence-electron chi connectivity index (χ4n) is 4.76. The minimum Gasteiger partial charge on any atom is -0.399 e. The van der Waals surface area contributed by atoms with Crippen molar-refractivity contribution in [1.29, 1.82) is 0 Å². The number of hydrogen-bond donors (Lipinski definition) is 1. The maximum absolute atomic E-state index is 12.7. The van der Waals surface area contributed by atoms with Gasteiger partial charge < -0.3 is 28.8 Å². The lowest BCUT2D eigenvalue weighted by Gasteiger charge is -2.37. The molecule has 0 saturated carbocycles.